The molecule has 0 saturated heterocycles. The van der Waals surface area contributed by atoms with E-state index in [2.05, 4.69) is 20.8 Å². The molecule has 0 atom stereocenters. The van der Waals surface area contributed by atoms with E-state index in [9.17, 15) is 0 Å². The van der Waals surface area contributed by atoms with Crippen LogP contribution in [0.25, 0.3) is 0 Å². The second-order valence-corrected chi connectivity index (χ2v) is 2.52. The van der Waals surface area contributed by atoms with E-state index < -0.39 is 0 Å². The van der Waals surface area contributed by atoms with Gasteiger partial charge in [0, 0.05) is 18.6 Å². The van der Waals surface area contributed by atoms with Crippen LogP contribution in [0, 0.1) is 5.92 Å². The van der Waals surface area contributed by atoms with E-state index in [4.69, 9.17) is 0 Å². The summed E-state index contributed by atoms with van der Waals surface area (Å²) in [5.74, 6) is 1.50. The Morgan fingerprint density at radius 1 is 1.00 bits per heavy atom. The normalized spacial score (nSPS) is 6.29. The van der Waals surface area contributed by atoms with Crippen molar-refractivity contribution in [2.45, 2.75) is 27.2 Å². The maximum atomic E-state index is 2.16. The van der Waals surface area contributed by atoms with Crippen LogP contribution in [0.2, 0.25) is 0 Å². The van der Waals surface area contributed by atoms with Gasteiger partial charge in [-0.3, -0.25) is 0 Å². The molecule has 0 aliphatic heterocycles. The minimum absolute atomic E-state index is 0. The van der Waals surface area contributed by atoms with Crippen molar-refractivity contribution in [2.75, 3.05) is 0 Å². The first-order chi connectivity index (χ1) is 4.77. The minimum atomic E-state index is 0. The van der Waals surface area contributed by atoms with Crippen LogP contribution in [0.3, 0.4) is 0 Å². The van der Waals surface area contributed by atoms with Gasteiger partial charge in [-0.25, -0.2) is 12.1 Å². The van der Waals surface area contributed by atoms with Gasteiger partial charge in [-0.05, 0) is 0 Å². The number of halogens is 3. The van der Waals surface area contributed by atoms with E-state index in [-0.39, 0.29) is 55.8 Å². The summed E-state index contributed by atoms with van der Waals surface area (Å²) in [7, 11) is 0. The smallest absolute Gasteiger partial charge is 0 e. The van der Waals surface area contributed by atoms with E-state index in [1.54, 1.807) is 0 Å². The van der Waals surface area contributed by atoms with E-state index in [0.717, 1.165) is 0 Å². The SMILES string of the molecule is CC[C-](C)C.[Cl-].[Cl-].[Cl-].[V].c1cc[cH-]c1. The molecule has 1 rings (SSSR count). The van der Waals surface area contributed by atoms with Gasteiger partial charge >= 0.3 is 0 Å². The summed E-state index contributed by atoms with van der Waals surface area (Å²) in [6.07, 6.45) is 1.22. The minimum Gasteiger partial charge on any atom is -1.00 e. The van der Waals surface area contributed by atoms with Crippen molar-refractivity contribution >= 4 is 0 Å². The van der Waals surface area contributed by atoms with Crippen molar-refractivity contribution in [2.24, 2.45) is 0 Å². The van der Waals surface area contributed by atoms with Gasteiger partial charge in [0.25, 0.3) is 0 Å². The molecule has 0 bridgehead atoms. The molecular formula is C10H16Cl3V-5. The van der Waals surface area contributed by atoms with Crippen LogP contribution >= 0.6 is 0 Å². The van der Waals surface area contributed by atoms with Crippen LogP contribution in [0.1, 0.15) is 27.2 Å². The van der Waals surface area contributed by atoms with E-state index in [1.165, 1.54) is 12.3 Å². The third-order valence-electron chi connectivity index (χ3n) is 1.26. The Bertz CT molecular complexity index is 113. The topological polar surface area (TPSA) is 0 Å². The van der Waals surface area contributed by atoms with Crippen molar-refractivity contribution in [3.8, 4) is 0 Å². The third kappa shape index (κ3) is 29.3. The summed E-state index contributed by atoms with van der Waals surface area (Å²) in [6.45, 7) is 6.44. The number of hydrogen-bond acceptors (Lipinski definition) is 0. The largest absolute Gasteiger partial charge is 1.00 e. The molecule has 1 aromatic carbocycles. The zero-order valence-corrected chi connectivity index (χ0v) is 12.3. The Morgan fingerprint density at radius 3 is 1.36 bits per heavy atom. The van der Waals surface area contributed by atoms with Crippen molar-refractivity contribution in [1.82, 2.24) is 0 Å². The van der Waals surface area contributed by atoms with Gasteiger partial charge in [0.2, 0.25) is 0 Å². The van der Waals surface area contributed by atoms with Crippen LogP contribution in [0.5, 0.6) is 0 Å². The molecule has 4 heteroatoms. The predicted molar refractivity (Wildman–Crippen MR) is 46.9 cm³/mol. The van der Waals surface area contributed by atoms with Crippen molar-refractivity contribution < 1.29 is 55.8 Å². The molecule has 0 aliphatic rings. The molecule has 0 N–H and O–H groups in total. The molecule has 14 heavy (non-hydrogen) atoms. The second kappa shape index (κ2) is 23.5. The van der Waals surface area contributed by atoms with E-state index in [1.807, 2.05) is 30.3 Å². The Hall–Kier alpha value is 0.804. The van der Waals surface area contributed by atoms with Crippen LogP contribution in [-0.4, -0.2) is 0 Å². The Morgan fingerprint density at radius 2 is 1.29 bits per heavy atom. The average Bonchev–Trinajstić information content (AvgIpc) is 2.43. The van der Waals surface area contributed by atoms with Gasteiger partial charge in [0.15, 0.2) is 0 Å². The molecule has 0 heterocycles. The first kappa shape index (κ1) is 29.3. The molecule has 0 fully saturated rings. The molecule has 1 aromatic rings. The first-order valence-corrected chi connectivity index (χ1v) is 3.73. The molecule has 0 amide bonds. The maximum Gasteiger partial charge on any atom is 0 e. The van der Waals surface area contributed by atoms with Crippen molar-refractivity contribution in [1.29, 1.82) is 0 Å². The molecule has 0 aliphatic carbocycles. The monoisotopic (exact) mass is 292 g/mol. The summed E-state index contributed by atoms with van der Waals surface area (Å²) < 4.78 is 0. The van der Waals surface area contributed by atoms with Crippen LogP contribution in [0.15, 0.2) is 30.3 Å². The molecular weight excluding hydrogens is 277 g/mol. The van der Waals surface area contributed by atoms with Crippen molar-refractivity contribution in [3.63, 3.8) is 0 Å². The Balaban J connectivity index is -0.0000000300. The van der Waals surface area contributed by atoms with E-state index >= 15 is 0 Å². The Kier molecular flexibility index (Phi) is 49.4. The van der Waals surface area contributed by atoms with Gasteiger partial charge in [-0.1, -0.05) is 6.92 Å². The number of hydrogen-bond donors (Lipinski definition) is 0. The zero-order valence-electron chi connectivity index (χ0n) is 8.67. The standard InChI is InChI=1S/C5H5.C5H11.3ClH.V/c1-2-4-5-3-1;1-4-5(2)3;;;;/h1-5H;4H2,1-3H3;3*1H;/q2*-1;;;;/p-3. The van der Waals surface area contributed by atoms with Crippen LogP contribution in [-0.2, 0) is 18.6 Å². The molecule has 0 saturated carbocycles. The third-order valence-corrected chi connectivity index (χ3v) is 1.26. The van der Waals surface area contributed by atoms with Gasteiger partial charge in [0.05, 0.1) is 0 Å². The van der Waals surface area contributed by atoms with Gasteiger partial charge in [-0.15, -0.1) is 0 Å². The predicted octanol–water partition coefficient (Wildman–Crippen LogP) is -5.57. The summed E-state index contributed by atoms with van der Waals surface area (Å²) in [4.78, 5) is 0. The summed E-state index contributed by atoms with van der Waals surface area (Å²) in [5, 5.41) is 0. The maximum absolute atomic E-state index is 2.16. The average molecular weight is 294 g/mol. The molecule has 0 nitrogen and oxygen atoms in total. The second-order valence-electron chi connectivity index (χ2n) is 2.52. The summed E-state index contributed by atoms with van der Waals surface area (Å²) >= 11 is 0. The van der Waals surface area contributed by atoms with E-state index in [0.29, 0.717) is 0 Å². The van der Waals surface area contributed by atoms with Crippen LogP contribution in [0.4, 0.5) is 0 Å². The van der Waals surface area contributed by atoms with Crippen molar-refractivity contribution in [3.05, 3.63) is 36.2 Å². The fraction of sp³-hybridized carbons (Fsp3) is 0.400. The molecule has 0 spiro atoms. The van der Waals surface area contributed by atoms with Gasteiger partial charge < -0.3 is 43.1 Å². The quantitative estimate of drug-likeness (QED) is 0.453. The molecule has 0 unspecified atom stereocenters. The number of rotatable bonds is 1. The molecule has 1 radical (unpaired) electrons. The molecule has 0 aromatic heterocycles. The summed E-state index contributed by atoms with van der Waals surface area (Å²) in [5.41, 5.74) is 0. The Labute approximate surface area is 119 Å². The fourth-order valence-corrected chi connectivity index (χ4v) is 0.321. The molecule has 87 valence electrons. The zero-order chi connectivity index (χ0) is 7.82. The fourth-order valence-electron chi connectivity index (χ4n) is 0.321. The van der Waals surface area contributed by atoms with Crippen LogP contribution < -0.4 is 37.2 Å². The first-order valence-electron chi connectivity index (χ1n) is 3.73. The van der Waals surface area contributed by atoms with Gasteiger partial charge in [0.1, 0.15) is 0 Å². The summed E-state index contributed by atoms with van der Waals surface area (Å²) in [6, 6.07) is 10.0. The van der Waals surface area contributed by atoms with Gasteiger partial charge in [-0.2, -0.15) is 38.5 Å².